The molecule has 0 saturated heterocycles. The van der Waals surface area contributed by atoms with E-state index < -0.39 is 17.5 Å². The van der Waals surface area contributed by atoms with Crippen LogP contribution in [0.25, 0.3) is 0 Å². The number of carbonyl (C=O) groups is 1. The van der Waals surface area contributed by atoms with Gasteiger partial charge in [-0.1, -0.05) is 32.9 Å². The monoisotopic (exact) mass is 289 g/mol. The third-order valence-electron chi connectivity index (χ3n) is 3.19. The zero-order valence-corrected chi connectivity index (χ0v) is 12.2. The Kier molecular flexibility index (Phi) is 4.07. The third kappa shape index (κ3) is 3.66. The second-order valence-electron chi connectivity index (χ2n) is 5.91. The highest BCUT2D eigenvalue weighted by Crippen LogP contribution is 2.23. The number of carbonyl (C=O) groups excluding carboxylic acids is 1. The highest BCUT2D eigenvalue weighted by Gasteiger charge is 2.15. The lowest BCUT2D eigenvalue weighted by Gasteiger charge is -2.19. The SMILES string of the molecule is CC(C)(C)c1ccc(C(=O)Nc2cc(F)ccc2F)cc1. The molecule has 0 fully saturated rings. The summed E-state index contributed by atoms with van der Waals surface area (Å²) in [5, 5.41) is 2.37. The molecule has 0 radical (unpaired) electrons. The van der Waals surface area contributed by atoms with E-state index in [9.17, 15) is 13.6 Å². The van der Waals surface area contributed by atoms with E-state index in [2.05, 4.69) is 26.1 Å². The molecule has 2 rings (SSSR count). The van der Waals surface area contributed by atoms with E-state index in [0.717, 1.165) is 23.8 Å². The van der Waals surface area contributed by atoms with E-state index in [1.807, 2.05) is 12.1 Å². The van der Waals surface area contributed by atoms with Gasteiger partial charge < -0.3 is 5.32 Å². The van der Waals surface area contributed by atoms with E-state index in [4.69, 9.17) is 0 Å². The van der Waals surface area contributed by atoms with Crippen LogP contribution in [0.1, 0.15) is 36.7 Å². The number of nitrogens with one attached hydrogen (secondary N) is 1. The molecule has 0 aliphatic heterocycles. The van der Waals surface area contributed by atoms with E-state index in [-0.39, 0.29) is 11.1 Å². The topological polar surface area (TPSA) is 29.1 Å². The van der Waals surface area contributed by atoms with Crippen molar-refractivity contribution in [2.45, 2.75) is 26.2 Å². The predicted octanol–water partition coefficient (Wildman–Crippen LogP) is 4.51. The summed E-state index contributed by atoms with van der Waals surface area (Å²) >= 11 is 0. The van der Waals surface area contributed by atoms with Crippen LogP contribution in [0, 0.1) is 11.6 Å². The number of anilines is 1. The number of amides is 1. The lowest BCUT2D eigenvalue weighted by Crippen LogP contribution is -2.15. The van der Waals surface area contributed by atoms with Crippen LogP contribution in [0.3, 0.4) is 0 Å². The Morgan fingerprint density at radius 1 is 1.00 bits per heavy atom. The molecule has 0 aromatic heterocycles. The van der Waals surface area contributed by atoms with Crippen LogP contribution in [0.15, 0.2) is 42.5 Å². The summed E-state index contributed by atoms with van der Waals surface area (Å²) in [6, 6.07) is 10.0. The maximum absolute atomic E-state index is 13.5. The van der Waals surface area contributed by atoms with Crippen molar-refractivity contribution in [3.05, 3.63) is 65.2 Å². The molecule has 0 spiro atoms. The van der Waals surface area contributed by atoms with Gasteiger partial charge in [-0.05, 0) is 35.2 Å². The van der Waals surface area contributed by atoms with Gasteiger partial charge in [0, 0.05) is 11.6 Å². The number of hydrogen-bond acceptors (Lipinski definition) is 1. The first-order valence-electron chi connectivity index (χ1n) is 6.64. The Balaban J connectivity index is 2.19. The molecule has 4 heteroatoms. The van der Waals surface area contributed by atoms with E-state index in [1.165, 1.54) is 0 Å². The second-order valence-corrected chi connectivity index (χ2v) is 5.91. The summed E-state index contributed by atoms with van der Waals surface area (Å²) in [5.74, 6) is -1.74. The Morgan fingerprint density at radius 3 is 2.19 bits per heavy atom. The first kappa shape index (κ1) is 15.2. The van der Waals surface area contributed by atoms with Crippen LogP contribution in [-0.4, -0.2) is 5.91 Å². The maximum Gasteiger partial charge on any atom is 0.255 e. The highest BCUT2D eigenvalue weighted by atomic mass is 19.1. The zero-order chi connectivity index (χ0) is 15.6. The Morgan fingerprint density at radius 2 is 1.62 bits per heavy atom. The first-order valence-corrected chi connectivity index (χ1v) is 6.64. The molecule has 2 aromatic carbocycles. The molecule has 0 unspecified atom stereocenters. The average Bonchev–Trinajstić information content (AvgIpc) is 2.42. The highest BCUT2D eigenvalue weighted by molar-refractivity contribution is 6.04. The number of benzene rings is 2. The number of rotatable bonds is 2. The van der Waals surface area contributed by atoms with Crippen LogP contribution < -0.4 is 5.32 Å². The summed E-state index contributed by atoms with van der Waals surface area (Å²) in [6.07, 6.45) is 0. The molecule has 0 aliphatic carbocycles. The molecule has 1 amide bonds. The van der Waals surface area contributed by atoms with Crippen molar-refractivity contribution in [1.82, 2.24) is 0 Å². The van der Waals surface area contributed by atoms with Gasteiger partial charge in [0.15, 0.2) is 0 Å². The van der Waals surface area contributed by atoms with Gasteiger partial charge in [-0.25, -0.2) is 8.78 Å². The molecule has 0 bridgehead atoms. The van der Waals surface area contributed by atoms with Crippen LogP contribution in [0.2, 0.25) is 0 Å². The fourth-order valence-electron chi connectivity index (χ4n) is 1.91. The smallest absolute Gasteiger partial charge is 0.255 e. The van der Waals surface area contributed by atoms with E-state index >= 15 is 0 Å². The molecule has 110 valence electrons. The Labute approximate surface area is 122 Å². The molecule has 1 N–H and O–H groups in total. The number of hydrogen-bond donors (Lipinski definition) is 1. The predicted molar refractivity (Wildman–Crippen MR) is 79.5 cm³/mol. The molecule has 2 nitrogen and oxygen atoms in total. The van der Waals surface area contributed by atoms with Crippen LogP contribution >= 0.6 is 0 Å². The van der Waals surface area contributed by atoms with E-state index in [1.54, 1.807) is 12.1 Å². The van der Waals surface area contributed by atoms with Gasteiger partial charge in [-0.15, -0.1) is 0 Å². The van der Waals surface area contributed by atoms with Crippen molar-refractivity contribution in [1.29, 1.82) is 0 Å². The standard InChI is InChI=1S/C17H17F2NO/c1-17(2,3)12-6-4-11(5-7-12)16(21)20-15-10-13(18)8-9-14(15)19/h4-10H,1-3H3,(H,20,21). The van der Waals surface area contributed by atoms with Crippen molar-refractivity contribution in [3.63, 3.8) is 0 Å². The Hall–Kier alpha value is -2.23. The largest absolute Gasteiger partial charge is 0.319 e. The van der Waals surface area contributed by atoms with Gasteiger partial charge in [0.1, 0.15) is 11.6 Å². The molecule has 0 aliphatic rings. The molecule has 0 heterocycles. The van der Waals surface area contributed by atoms with Crippen molar-refractivity contribution >= 4 is 11.6 Å². The summed E-state index contributed by atoms with van der Waals surface area (Å²) in [7, 11) is 0. The first-order chi connectivity index (χ1) is 9.77. The lowest BCUT2D eigenvalue weighted by molar-refractivity contribution is 0.102. The minimum atomic E-state index is -0.670. The second kappa shape index (κ2) is 5.64. The van der Waals surface area contributed by atoms with Crippen LogP contribution in [0.4, 0.5) is 14.5 Å². The van der Waals surface area contributed by atoms with Gasteiger partial charge in [-0.3, -0.25) is 4.79 Å². The van der Waals surface area contributed by atoms with Crippen molar-refractivity contribution in [2.24, 2.45) is 0 Å². The quantitative estimate of drug-likeness (QED) is 0.865. The summed E-state index contributed by atoms with van der Waals surface area (Å²) in [5.41, 5.74) is 1.31. The van der Waals surface area contributed by atoms with Gasteiger partial charge in [-0.2, -0.15) is 0 Å². The average molecular weight is 289 g/mol. The molecule has 2 aromatic rings. The molecule has 0 atom stereocenters. The molecular formula is C17H17F2NO. The summed E-state index contributed by atoms with van der Waals surface area (Å²) in [4.78, 5) is 12.0. The molecular weight excluding hydrogens is 272 g/mol. The maximum atomic E-state index is 13.5. The van der Waals surface area contributed by atoms with Crippen molar-refractivity contribution in [3.8, 4) is 0 Å². The van der Waals surface area contributed by atoms with Crippen LogP contribution in [-0.2, 0) is 5.41 Å². The molecule has 0 saturated carbocycles. The normalized spacial score (nSPS) is 11.3. The fraction of sp³-hybridized carbons (Fsp3) is 0.235. The fourth-order valence-corrected chi connectivity index (χ4v) is 1.91. The van der Waals surface area contributed by atoms with Crippen LogP contribution in [0.5, 0.6) is 0 Å². The lowest BCUT2D eigenvalue weighted by atomic mass is 9.87. The summed E-state index contributed by atoms with van der Waals surface area (Å²) < 4.78 is 26.6. The van der Waals surface area contributed by atoms with Gasteiger partial charge in [0.25, 0.3) is 5.91 Å². The molecule has 21 heavy (non-hydrogen) atoms. The van der Waals surface area contributed by atoms with Gasteiger partial charge in [0.05, 0.1) is 5.69 Å². The van der Waals surface area contributed by atoms with Crippen molar-refractivity contribution < 1.29 is 13.6 Å². The minimum absolute atomic E-state index is 0.0102. The van der Waals surface area contributed by atoms with E-state index in [0.29, 0.717) is 5.56 Å². The summed E-state index contributed by atoms with van der Waals surface area (Å²) in [6.45, 7) is 6.22. The third-order valence-corrected chi connectivity index (χ3v) is 3.19. The minimum Gasteiger partial charge on any atom is -0.319 e. The Bertz CT molecular complexity index is 657. The zero-order valence-electron chi connectivity index (χ0n) is 12.2. The van der Waals surface area contributed by atoms with Gasteiger partial charge >= 0.3 is 0 Å². The van der Waals surface area contributed by atoms with Crippen molar-refractivity contribution in [2.75, 3.05) is 5.32 Å². The number of halogens is 2. The van der Waals surface area contributed by atoms with Gasteiger partial charge in [0.2, 0.25) is 0 Å².